The van der Waals surface area contributed by atoms with E-state index in [1.165, 1.54) is 0 Å². The Bertz CT molecular complexity index is 292. The second kappa shape index (κ2) is 9.61. The van der Waals surface area contributed by atoms with Gasteiger partial charge in [-0.15, -0.1) is 0 Å². The van der Waals surface area contributed by atoms with Crippen molar-refractivity contribution in [3.8, 4) is 0 Å². The van der Waals surface area contributed by atoms with E-state index in [1.807, 2.05) is 0 Å². The van der Waals surface area contributed by atoms with Crippen LogP contribution in [-0.2, 0) is 19.1 Å². The molecule has 0 aliphatic rings. The lowest BCUT2D eigenvalue weighted by atomic mass is 10.3. The normalized spacial score (nSPS) is 10.2. The number of esters is 1. The molecule has 18 heavy (non-hydrogen) atoms. The SMILES string of the molecule is C=C(CN(C)CC(=O)NCCOC)C(=O)OCC. The minimum absolute atomic E-state index is 0.119. The number of hydrogen-bond acceptors (Lipinski definition) is 5. The van der Waals surface area contributed by atoms with E-state index in [2.05, 4.69) is 11.9 Å². The average molecular weight is 258 g/mol. The fourth-order valence-corrected chi connectivity index (χ4v) is 1.27. The lowest BCUT2D eigenvalue weighted by Crippen LogP contribution is -2.37. The fraction of sp³-hybridized carbons (Fsp3) is 0.667. The quantitative estimate of drug-likeness (QED) is 0.352. The number of likely N-dealkylation sites (N-methyl/N-ethyl adjacent to an activating group) is 1. The number of ether oxygens (including phenoxy) is 2. The van der Waals surface area contributed by atoms with E-state index in [9.17, 15) is 9.59 Å². The number of nitrogens with one attached hydrogen (secondary N) is 1. The van der Waals surface area contributed by atoms with Crippen molar-refractivity contribution in [1.82, 2.24) is 10.2 Å². The van der Waals surface area contributed by atoms with Gasteiger partial charge in [-0.2, -0.15) is 0 Å². The second-order valence-corrected chi connectivity index (χ2v) is 3.84. The minimum atomic E-state index is -0.427. The van der Waals surface area contributed by atoms with Crippen molar-refractivity contribution in [1.29, 1.82) is 0 Å². The van der Waals surface area contributed by atoms with Gasteiger partial charge in [0.05, 0.1) is 19.8 Å². The highest BCUT2D eigenvalue weighted by Crippen LogP contribution is 1.97. The maximum Gasteiger partial charge on any atom is 0.334 e. The number of carbonyl (C=O) groups is 2. The Morgan fingerprint density at radius 2 is 2.00 bits per heavy atom. The fourth-order valence-electron chi connectivity index (χ4n) is 1.27. The third-order valence-corrected chi connectivity index (χ3v) is 2.07. The average Bonchev–Trinajstić information content (AvgIpc) is 2.29. The molecular formula is C12H22N2O4. The highest BCUT2D eigenvalue weighted by Gasteiger charge is 2.12. The van der Waals surface area contributed by atoms with E-state index in [1.54, 1.807) is 26.0 Å². The van der Waals surface area contributed by atoms with Gasteiger partial charge in [0.2, 0.25) is 5.91 Å². The zero-order valence-corrected chi connectivity index (χ0v) is 11.3. The number of amides is 1. The van der Waals surface area contributed by atoms with Crippen LogP contribution >= 0.6 is 0 Å². The van der Waals surface area contributed by atoms with Gasteiger partial charge in [0.25, 0.3) is 0 Å². The van der Waals surface area contributed by atoms with Crippen molar-refractivity contribution in [3.63, 3.8) is 0 Å². The summed E-state index contributed by atoms with van der Waals surface area (Å²) < 4.78 is 9.62. The molecule has 0 bridgehead atoms. The van der Waals surface area contributed by atoms with Crippen molar-refractivity contribution in [2.45, 2.75) is 6.92 Å². The lowest BCUT2D eigenvalue weighted by Gasteiger charge is -2.16. The Labute approximate surface area is 108 Å². The van der Waals surface area contributed by atoms with Crippen LogP contribution in [0.5, 0.6) is 0 Å². The Hall–Kier alpha value is -1.40. The molecule has 0 spiro atoms. The van der Waals surface area contributed by atoms with Gasteiger partial charge in [0.1, 0.15) is 0 Å². The highest BCUT2D eigenvalue weighted by atomic mass is 16.5. The zero-order chi connectivity index (χ0) is 14.0. The molecule has 0 aliphatic heterocycles. The zero-order valence-electron chi connectivity index (χ0n) is 11.3. The van der Waals surface area contributed by atoms with Crippen molar-refractivity contribution in [3.05, 3.63) is 12.2 Å². The lowest BCUT2D eigenvalue weighted by molar-refractivity contribution is -0.139. The van der Waals surface area contributed by atoms with Gasteiger partial charge in [-0.3, -0.25) is 9.69 Å². The molecular weight excluding hydrogens is 236 g/mol. The van der Waals surface area contributed by atoms with Crippen LogP contribution in [0.4, 0.5) is 0 Å². The number of rotatable bonds is 9. The standard InChI is InChI=1S/C12H22N2O4/c1-5-18-12(16)10(2)8-14(3)9-11(15)13-6-7-17-4/h2,5-9H2,1,3-4H3,(H,13,15). The summed E-state index contributed by atoms with van der Waals surface area (Å²) in [5.41, 5.74) is 0.337. The summed E-state index contributed by atoms with van der Waals surface area (Å²) in [6.07, 6.45) is 0. The molecule has 1 amide bonds. The molecule has 6 nitrogen and oxygen atoms in total. The Kier molecular flexibility index (Phi) is 8.86. The first-order valence-electron chi connectivity index (χ1n) is 5.80. The number of hydrogen-bond donors (Lipinski definition) is 1. The van der Waals surface area contributed by atoms with Gasteiger partial charge in [0.15, 0.2) is 0 Å². The molecule has 0 radical (unpaired) electrons. The topological polar surface area (TPSA) is 67.9 Å². The van der Waals surface area contributed by atoms with Crippen LogP contribution in [0.3, 0.4) is 0 Å². The Morgan fingerprint density at radius 1 is 1.33 bits per heavy atom. The van der Waals surface area contributed by atoms with Crippen LogP contribution in [0.25, 0.3) is 0 Å². The summed E-state index contributed by atoms with van der Waals surface area (Å²) in [4.78, 5) is 24.5. The van der Waals surface area contributed by atoms with Crippen molar-refractivity contribution < 1.29 is 19.1 Å². The van der Waals surface area contributed by atoms with Gasteiger partial charge in [-0.05, 0) is 14.0 Å². The number of carbonyl (C=O) groups excluding carboxylic acids is 2. The predicted octanol–water partition coefficient (Wildman–Crippen LogP) is -0.200. The van der Waals surface area contributed by atoms with Crippen molar-refractivity contribution in [2.24, 2.45) is 0 Å². The van der Waals surface area contributed by atoms with Gasteiger partial charge in [0, 0.05) is 25.8 Å². The molecule has 0 aromatic carbocycles. The molecule has 0 rings (SSSR count). The van der Waals surface area contributed by atoms with E-state index in [4.69, 9.17) is 9.47 Å². The van der Waals surface area contributed by atoms with Gasteiger partial charge >= 0.3 is 5.97 Å². The summed E-state index contributed by atoms with van der Waals surface area (Å²) in [5.74, 6) is -0.546. The summed E-state index contributed by atoms with van der Waals surface area (Å²) in [7, 11) is 3.31. The predicted molar refractivity (Wildman–Crippen MR) is 68.2 cm³/mol. The number of nitrogens with zero attached hydrogens (tertiary/aromatic N) is 1. The van der Waals surface area contributed by atoms with E-state index in [0.717, 1.165) is 0 Å². The Morgan fingerprint density at radius 3 is 2.56 bits per heavy atom. The molecule has 0 atom stereocenters. The van der Waals surface area contributed by atoms with Crippen LogP contribution in [0.1, 0.15) is 6.92 Å². The summed E-state index contributed by atoms with van der Waals surface area (Å²) >= 11 is 0. The van der Waals surface area contributed by atoms with Gasteiger partial charge < -0.3 is 14.8 Å². The molecule has 104 valence electrons. The highest BCUT2D eigenvalue weighted by molar-refractivity contribution is 5.88. The minimum Gasteiger partial charge on any atom is -0.463 e. The third kappa shape index (κ3) is 7.81. The van der Waals surface area contributed by atoms with Crippen molar-refractivity contribution >= 4 is 11.9 Å². The number of methoxy groups -OCH3 is 1. The summed E-state index contributed by atoms with van der Waals surface area (Å²) in [6.45, 7) is 7.13. The molecule has 0 aromatic rings. The first-order chi connectivity index (χ1) is 8.51. The molecule has 0 unspecified atom stereocenters. The molecule has 0 aliphatic carbocycles. The smallest absolute Gasteiger partial charge is 0.334 e. The molecule has 1 N–H and O–H groups in total. The maximum atomic E-state index is 11.5. The molecule has 0 saturated carbocycles. The molecule has 0 heterocycles. The van der Waals surface area contributed by atoms with Crippen molar-refractivity contribution in [2.75, 3.05) is 47.0 Å². The van der Waals surface area contributed by atoms with Crippen LogP contribution in [0.15, 0.2) is 12.2 Å². The van der Waals surface area contributed by atoms with Gasteiger partial charge in [-0.25, -0.2) is 4.79 Å². The van der Waals surface area contributed by atoms with Crippen LogP contribution < -0.4 is 5.32 Å². The van der Waals surface area contributed by atoms with E-state index < -0.39 is 5.97 Å². The third-order valence-electron chi connectivity index (χ3n) is 2.07. The molecule has 0 aromatic heterocycles. The summed E-state index contributed by atoms with van der Waals surface area (Å²) in [5, 5.41) is 2.69. The second-order valence-electron chi connectivity index (χ2n) is 3.84. The van der Waals surface area contributed by atoms with Crippen LogP contribution in [-0.4, -0.2) is 63.8 Å². The first kappa shape index (κ1) is 16.6. The van der Waals surface area contributed by atoms with E-state index in [0.29, 0.717) is 31.9 Å². The summed E-state index contributed by atoms with van der Waals surface area (Å²) in [6, 6.07) is 0. The Balaban J connectivity index is 3.88. The first-order valence-corrected chi connectivity index (χ1v) is 5.80. The van der Waals surface area contributed by atoms with E-state index in [-0.39, 0.29) is 12.5 Å². The van der Waals surface area contributed by atoms with E-state index >= 15 is 0 Å². The molecule has 6 heteroatoms. The van der Waals surface area contributed by atoms with Gasteiger partial charge in [-0.1, -0.05) is 6.58 Å². The van der Waals surface area contributed by atoms with Crippen LogP contribution in [0.2, 0.25) is 0 Å². The largest absolute Gasteiger partial charge is 0.463 e. The molecule has 0 saturated heterocycles. The van der Waals surface area contributed by atoms with Crippen LogP contribution in [0, 0.1) is 0 Å². The maximum absolute atomic E-state index is 11.5. The molecule has 0 fully saturated rings. The monoisotopic (exact) mass is 258 g/mol.